The summed E-state index contributed by atoms with van der Waals surface area (Å²) in [5, 5.41) is 7.47. The van der Waals surface area contributed by atoms with Crippen molar-refractivity contribution >= 4 is 0 Å². The molecule has 0 atom stereocenters. The van der Waals surface area contributed by atoms with E-state index in [1.807, 2.05) is 0 Å². The Morgan fingerprint density at radius 1 is 1.00 bits per heavy atom. The van der Waals surface area contributed by atoms with E-state index in [2.05, 4.69) is 19.4 Å². The molecule has 0 amide bonds. The molecule has 0 saturated carbocycles. The van der Waals surface area contributed by atoms with Gasteiger partial charge in [0.1, 0.15) is 12.5 Å². The second-order valence-corrected chi connectivity index (χ2v) is 2.16. The Morgan fingerprint density at radius 3 is 1.91 bits per heavy atom. The lowest BCUT2D eigenvalue weighted by molar-refractivity contribution is 0.405. The molecule has 56 valence electrons. The molecule has 0 aliphatic rings. The van der Waals surface area contributed by atoms with E-state index in [9.17, 15) is 0 Å². The fourth-order valence-electron chi connectivity index (χ4n) is 0.843. The number of rotatable bonds is 2. The summed E-state index contributed by atoms with van der Waals surface area (Å²) < 4.78 is 9.31. The van der Waals surface area contributed by atoms with Crippen molar-refractivity contribution in [3.8, 4) is 0 Å². The Hall–Kier alpha value is -1.58. The van der Waals surface area contributed by atoms with Gasteiger partial charge in [-0.25, -0.2) is 0 Å². The lowest BCUT2D eigenvalue weighted by Gasteiger charge is -1.85. The van der Waals surface area contributed by atoms with Gasteiger partial charge < -0.3 is 9.05 Å². The lowest BCUT2D eigenvalue weighted by Crippen LogP contribution is -1.86. The highest BCUT2D eigenvalue weighted by atomic mass is 16.5. The van der Waals surface area contributed by atoms with Crippen molar-refractivity contribution in [2.45, 2.75) is 6.42 Å². The third-order valence-corrected chi connectivity index (χ3v) is 1.34. The standard InChI is InChI=1S/C7H6N2O2/c1-3-10-8-6(1)5-7-2-4-11-9-7/h1-4H,5H2. The van der Waals surface area contributed by atoms with E-state index in [4.69, 9.17) is 0 Å². The summed E-state index contributed by atoms with van der Waals surface area (Å²) in [6.07, 6.45) is 3.73. The zero-order valence-corrected chi connectivity index (χ0v) is 5.73. The number of aromatic nitrogens is 2. The highest BCUT2D eigenvalue weighted by Gasteiger charge is 2.00. The molecule has 0 aliphatic carbocycles. The first-order valence-electron chi connectivity index (χ1n) is 3.23. The summed E-state index contributed by atoms with van der Waals surface area (Å²) in [5.74, 6) is 0. The summed E-state index contributed by atoms with van der Waals surface area (Å²) in [6, 6.07) is 3.60. The third-order valence-electron chi connectivity index (χ3n) is 1.34. The number of hydrogen-bond acceptors (Lipinski definition) is 4. The van der Waals surface area contributed by atoms with Crippen LogP contribution in [-0.4, -0.2) is 10.3 Å². The van der Waals surface area contributed by atoms with Crippen molar-refractivity contribution in [1.29, 1.82) is 0 Å². The molecule has 2 heterocycles. The first kappa shape index (κ1) is 6.15. The van der Waals surface area contributed by atoms with E-state index in [0.717, 1.165) is 11.4 Å². The van der Waals surface area contributed by atoms with Crippen molar-refractivity contribution in [2.75, 3.05) is 0 Å². The van der Waals surface area contributed by atoms with Crippen LogP contribution in [0.25, 0.3) is 0 Å². The summed E-state index contributed by atoms with van der Waals surface area (Å²) in [6.45, 7) is 0. The van der Waals surface area contributed by atoms with Gasteiger partial charge in [0.05, 0.1) is 11.4 Å². The molecule has 0 spiro atoms. The van der Waals surface area contributed by atoms with E-state index < -0.39 is 0 Å². The van der Waals surface area contributed by atoms with Crippen LogP contribution in [0, 0.1) is 0 Å². The van der Waals surface area contributed by atoms with Gasteiger partial charge >= 0.3 is 0 Å². The molecule has 0 aromatic carbocycles. The fourth-order valence-corrected chi connectivity index (χ4v) is 0.843. The molecule has 4 nitrogen and oxygen atoms in total. The molecule has 2 aromatic heterocycles. The van der Waals surface area contributed by atoms with Gasteiger partial charge in [-0.3, -0.25) is 0 Å². The van der Waals surface area contributed by atoms with Crippen LogP contribution in [0.2, 0.25) is 0 Å². The van der Waals surface area contributed by atoms with E-state index in [0.29, 0.717) is 6.42 Å². The minimum Gasteiger partial charge on any atom is -0.364 e. The van der Waals surface area contributed by atoms with Crippen LogP contribution >= 0.6 is 0 Å². The Balaban J connectivity index is 2.14. The van der Waals surface area contributed by atoms with Crippen LogP contribution in [0.3, 0.4) is 0 Å². The van der Waals surface area contributed by atoms with Crippen LogP contribution in [0.4, 0.5) is 0 Å². The average molecular weight is 150 g/mol. The van der Waals surface area contributed by atoms with Gasteiger partial charge in [-0.2, -0.15) is 0 Å². The van der Waals surface area contributed by atoms with Crippen LogP contribution in [0.5, 0.6) is 0 Å². The van der Waals surface area contributed by atoms with Gasteiger partial charge in [0.25, 0.3) is 0 Å². The quantitative estimate of drug-likeness (QED) is 0.646. The van der Waals surface area contributed by atoms with Crippen molar-refractivity contribution in [3.63, 3.8) is 0 Å². The SMILES string of the molecule is c1cc(Cc2ccon2)no1. The van der Waals surface area contributed by atoms with Gasteiger partial charge in [0.15, 0.2) is 0 Å². The average Bonchev–Trinajstić information content (AvgIpc) is 2.60. The molecule has 0 aliphatic heterocycles. The maximum absolute atomic E-state index is 4.65. The molecule has 4 heteroatoms. The highest BCUT2D eigenvalue weighted by Crippen LogP contribution is 2.03. The summed E-state index contributed by atoms with van der Waals surface area (Å²) in [4.78, 5) is 0. The predicted molar refractivity (Wildman–Crippen MR) is 35.8 cm³/mol. The molecular weight excluding hydrogens is 144 g/mol. The monoisotopic (exact) mass is 150 g/mol. The van der Waals surface area contributed by atoms with Gasteiger partial charge in [-0.1, -0.05) is 10.3 Å². The first-order valence-corrected chi connectivity index (χ1v) is 3.23. The molecule has 0 bridgehead atoms. The topological polar surface area (TPSA) is 52.1 Å². The summed E-state index contributed by atoms with van der Waals surface area (Å²) in [5.41, 5.74) is 1.72. The van der Waals surface area contributed by atoms with Crippen LogP contribution in [0.15, 0.2) is 33.7 Å². The van der Waals surface area contributed by atoms with E-state index in [1.165, 1.54) is 12.5 Å². The number of nitrogens with zero attached hydrogens (tertiary/aromatic N) is 2. The Morgan fingerprint density at radius 2 is 1.55 bits per heavy atom. The Labute approximate surface area is 62.8 Å². The lowest BCUT2D eigenvalue weighted by atomic mass is 10.2. The smallest absolute Gasteiger partial charge is 0.124 e. The minimum atomic E-state index is 0.660. The van der Waals surface area contributed by atoms with Gasteiger partial charge in [-0.05, 0) is 0 Å². The highest BCUT2D eigenvalue weighted by molar-refractivity contribution is 5.08. The molecule has 11 heavy (non-hydrogen) atoms. The van der Waals surface area contributed by atoms with Crippen molar-refractivity contribution in [2.24, 2.45) is 0 Å². The van der Waals surface area contributed by atoms with Crippen LogP contribution in [-0.2, 0) is 6.42 Å². The molecule has 2 aromatic rings. The predicted octanol–water partition coefficient (Wildman–Crippen LogP) is 1.25. The molecule has 0 fully saturated rings. The maximum Gasteiger partial charge on any atom is 0.124 e. The normalized spacial score (nSPS) is 10.2. The van der Waals surface area contributed by atoms with Crippen LogP contribution < -0.4 is 0 Å². The van der Waals surface area contributed by atoms with E-state index in [1.54, 1.807) is 12.1 Å². The van der Waals surface area contributed by atoms with E-state index >= 15 is 0 Å². The second-order valence-electron chi connectivity index (χ2n) is 2.16. The fraction of sp³-hybridized carbons (Fsp3) is 0.143. The zero-order valence-electron chi connectivity index (χ0n) is 5.73. The van der Waals surface area contributed by atoms with Crippen molar-refractivity contribution in [3.05, 3.63) is 36.0 Å². The number of hydrogen-bond donors (Lipinski definition) is 0. The molecule has 0 N–H and O–H groups in total. The molecule has 0 unspecified atom stereocenters. The Bertz CT molecular complexity index is 267. The first-order chi connectivity index (χ1) is 5.45. The van der Waals surface area contributed by atoms with Crippen molar-refractivity contribution < 1.29 is 9.05 Å². The van der Waals surface area contributed by atoms with Crippen LogP contribution in [0.1, 0.15) is 11.4 Å². The zero-order chi connectivity index (χ0) is 7.52. The molecule has 0 saturated heterocycles. The summed E-state index contributed by atoms with van der Waals surface area (Å²) >= 11 is 0. The largest absolute Gasteiger partial charge is 0.364 e. The Kier molecular flexibility index (Phi) is 1.44. The minimum absolute atomic E-state index is 0.660. The molecule has 2 rings (SSSR count). The van der Waals surface area contributed by atoms with Crippen molar-refractivity contribution in [1.82, 2.24) is 10.3 Å². The molecular formula is C7H6N2O2. The van der Waals surface area contributed by atoms with Gasteiger partial charge in [-0.15, -0.1) is 0 Å². The molecule has 0 radical (unpaired) electrons. The second kappa shape index (κ2) is 2.57. The van der Waals surface area contributed by atoms with Gasteiger partial charge in [0, 0.05) is 18.6 Å². The van der Waals surface area contributed by atoms with Gasteiger partial charge in [0.2, 0.25) is 0 Å². The van der Waals surface area contributed by atoms with E-state index in [-0.39, 0.29) is 0 Å². The maximum atomic E-state index is 4.65. The summed E-state index contributed by atoms with van der Waals surface area (Å²) in [7, 11) is 0. The third kappa shape index (κ3) is 1.29.